The first-order valence-corrected chi connectivity index (χ1v) is 15.5. The first kappa shape index (κ1) is 29.3. The molecule has 2 bridgehead atoms. The molecule has 0 aromatic heterocycles. The van der Waals surface area contributed by atoms with Crippen molar-refractivity contribution in [1.29, 1.82) is 10.5 Å². The summed E-state index contributed by atoms with van der Waals surface area (Å²) in [6.07, 6.45) is 4.58. The third-order valence-electron chi connectivity index (χ3n) is 7.72. The van der Waals surface area contributed by atoms with Crippen LogP contribution in [0.1, 0.15) is 64.0 Å². The number of nitrogens with zero attached hydrogens (tertiary/aromatic N) is 3. The lowest BCUT2D eigenvalue weighted by atomic mass is 9.72. The van der Waals surface area contributed by atoms with Crippen LogP contribution in [0, 0.1) is 34.5 Å². The van der Waals surface area contributed by atoms with Crippen LogP contribution in [0.25, 0.3) is 11.1 Å². The normalized spacial score (nSPS) is 21.2. The Morgan fingerprint density at radius 2 is 1.65 bits per heavy atom. The summed E-state index contributed by atoms with van der Waals surface area (Å²) in [5, 5.41) is 19.2. The summed E-state index contributed by atoms with van der Waals surface area (Å²) in [6.45, 7) is 5.44. The Labute approximate surface area is 236 Å². The van der Waals surface area contributed by atoms with Crippen LogP contribution in [-0.4, -0.2) is 49.1 Å². The molecule has 2 aromatic rings. The lowest BCUT2D eigenvalue weighted by Gasteiger charge is -2.50. The van der Waals surface area contributed by atoms with Crippen LogP contribution in [0.3, 0.4) is 0 Å². The highest BCUT2D eigenvalue weighted by Crippen LogP contribution is 2.41. The second kappa shape index (κ2) is 11.4. The van der Waals surface area contributed by atoms with E-state index in [1.807, 2.05) is 51.1 Å². The van der Waals surface area contributed by atoms with E-state index in [1.54, 1.807) is 11.0 Å². The number of carbonyl (C=O) groups is 2. The summed E-state index contributed by atoms with van der Waals surface area (Å²) in [5.74, 6) is -0.548. The van der Waals surface area contributed by atoms with Gasteiger partial charge < -0.3 is 4.74 Å². The maximum absolute atomic E-state index is 13.6. The second-order valence-corrected chi connectivity index (χ2v) is 13.9. The van der Waals surface area contributed by atoms with Crippen molar-refractivity contribution in [3.63, 3.8) is 0 Å². The van der Waals surface area contributed by atoms with Gasteiger partial charge in [0.15, 0.2) is 15.6 Å². The molecule has 2 atom stereocenters. The highest BCUT2D eigenvalue weighted by atomic mass is 32.2. The largest absolute Gasteiger partial charge is 0.444 e. The predicted octanol–water partition coefficient (Wildman–Crippen LogP) is 5.45. The van der Waals surface area contributed by atoms with Crippen molar-refractivity contribution in [1.82, 2.24) is 4.90 Å². The van der Waals surface area contributed by atoms with Gasteiger partial charge in [0.25, 0.3) is 0 Å². The quantitative estimate of drug-likeness (QED) is 0.440. The van der Waals surface area contributed by atoms with E-state index in [2.05, 4.69) is 6.07 Å². The van der Waals surface area contributed by atoms with Crippen LogP contribution in [0.15, 0.2) is 47.4 Å². The molecule has 1 saturated carbocycles. The molecule has 1 aliphatic carbocycles. The lowest BCUT2D eigenvalue weighted by Crippen LogP contribution is -2.61. The molecule has 2 heterocycles. The molecule has 1 amide bonds. The van der Waals surface area contributed by atoms with Gasteiger partial charge in [-0.3, -0.25) is 9.69 Å². The van der Waals surface area contributed by atoms with E-state index < -0.39 is 33.5 Å². The number of nitriles is 2. The molecule has 2 aromatic carbocycles. The standard InChI is InChI=1S/C31H35N3O5S/c1-31(2,3)39-30(36)34-26-13-11-23(12-14-26)29(34)27(35)16-21(18-32)15-20-5-7-22(8-6-20)24-9-10-25(19-33)28(17-24)40(4,37)38/h5-10,17,21,23,26,29H,11-16H2,1-4H3/t21-,23?,26?,29+/m1/s1. The minimum Gasteiger partial charge on any atom is -0.444 e. The number of piperidine rings is 2. The zero-order valence-corrected chi connectivity index (χ0v) is 24.2. The molecule has 3 fully saturated rings. The first-order chi connectivity index (χ1) is 18.8. The molecule has 8 nitrogen and oxygen atoms in total. The van der Waals surface area contributed by atoms with E-state index in [4.69, 9.17) is 4.74 Å². The summed E-state index contributed by atoms with van der Waals surface area (Å²) in [7, 11) is -3.57. The van der Waals surface area contributed by atoms with Gasteiger partial charge in [0.2, 0.25) is 0 Å². The van der Waals surface area contributed by atoms with Gasteiger partial charge in [-0.15, -0.1) is 0 Å². The number of hydrogen-bond acceptors (Lipinski definition) is 7. The van der Waals surface area contributed by atoms with Gasteiger partial charge >= 0.3 is 6.09 Å². The number of rotatable bonds is 7. The topological polar surface area (TPSA) is 128 Å². The number of Topliss-reactive ketones (excluding diaryl/α,β-unsaturated/α-hetero) is 1. The molecule has 9 heteroatoms. The first-order valence-electron chi connectivity index (χ1n) is 13.6. The van der Waals surface area contributed by atoms with Gasteiger partial charge in [0.05, 0.1) is 28.5 Å². The number of benzene rings is 2. The van der Waals surface area contributed by atoms with Crippen LogP contribution in [0.5, 0.6) is 0 Å². The fourth-order valence-corrected chi connectivity index (χ4v) is 6.75. The van der Waals surface area contributed by atoms with E-state index >= 15 is 0 Å². The van der Waals surface area contributed by atoms with Crippen molar-refractivity contribution in [2.75, 3.05) is 6.26 Å². The fourth-order valence-electron chi connectivity index (χ4n) is 5.89. The molecule has 2 saturated heterocycles. The Hall–Kier alpha value is -3.69. The zero-order chi connectivity index (χ0) is 29.2. The second-order valence-electron chi connectivity index (χ2n) is 11.9. The van der Waals surface area contributed by atoms with Crippen LogP contribution < -0.4 is 0 Å². The molecule has 0 spiro atoms. The number of ether oxygens (including phenoxy) is 1. The van der Waals surface area contributed by atoms with Crippen molar-refractivity contribution in [3.8, 4) is 23.3 Å². The van der Waals surface area contributed by atoms with Crippen molar-refractivity contribution in [2.45, 2.75) is 81.9 Å². The van der Waals surface area contributed by atoms with E-state index in [1.165, 1.54) is 12.1 Å². The third-order valence-corrected chi connectivity index (χ3v) is 8.85. The molecule has 40 heavy (non-hydrogen) atoms. The molecule has 0 radical (unpaired) electrons. The Balaban J connectivity index is 1.47. The van der Waals surface area contributed by atoms with Crippen molar-refractivity contribution in [2.24, 2.45) is 11.8 Å². The van der Waals surface area contributed by atoms with E-state index in [-0.39, 0.29) is 34.6 Å². The fraction of sp³-hybridized carbons (Fsp3) is 0.484. The maximum atomic E-state index is 13.6. The Bertz CT molecular complexity index is 1470. The number of hydrogen-bond donors (Lipinski definition) is 0. The minimum absolute atomic E-state index is 0.00711. The number of sulfone groups is 1. The highest BCUT2D eigenvalue weighted by Gasteiger charge is 2.48. The molecule has 210 valence electrons. The van der Waals surface area contributed by atoms with Crippen molar-refractivity contribution in [3.05, 3.63) is 53.6 Å². The summed E-state index contributed by atoms with van der Waals surface area (Å²) >= 11 is 0. The average Bonchev–Trinajstić information content (AvgIpc) is 2.91. The predicted molar refractivity (Wildman–Crippen MR) is 150 cm³/mol. The van der Waals surface area contributed by atoms with Crippen LogP contribution in [-0.2, 0) is 25.8 Å². The Morgan fingerprint density at radius 1 is 1.02 bits per heavy atom. The van der Waals surface area contributed by atoms with Crippen molar-refractivity contribution >= 4 is 21.7 Å². The molecule has 5 rings (SSSR count). The lowest BCUT2D eigenvalue weighted by molar-refractivity contribution is -0.133. The number of carbonyl (C=O) groups excluding carboxylic acids is 2. The Morgan fingerprint density at radius 3 is 2.20 bits per heavy atom. The number of fused-ring (bicyclic) bond motifs is 3. The van der Waals surface area contributed by atoms with Crippen LogP contribution >= 0.6 is 0 Å². The number of ketones is 1. The molecule has 2 aliphatic heterocycles. The van der Waals surface area contributed by atoms with Crippen molar-refractivity contribution < 1.29 is 22.7 Å². The molecular formula is C31H35N3O5S. The van der Waals surface area contributed by atoms with Gasteiger partial charge in [-0.05, 0) is 87.6 Å². The number of amides is 1. The SMILES string of the molecule is CC(C)(C)OC(=O)N1C2CCC(CC2)[C@H]1C(=O)C[C@H](C#N)Cc1ccc(-c2ccc(C#N)c(S(C)(=O)=O)c2)cc1. The van der Waals surface area contributed by atoms with Gasteiger partial charge in [-0.1, -0.05) is 30.3 Å². The van der Waals surface area contributed by atoms with E-state index in [0.29, 0.717) is 12.0 Å². The average molecular weight is 562 g/mol. The zero-order valence-electron chi connectivity index (χ0n) is 23.4. The summed E-state index contributed by atoms with van der Waals surface area (Å²) in [6, 6.07) is 15.7. The highest BCUT2D eigenvalue weighted by molar-refractivity contribution is 7.90. The molecule has 0 N–H and O–H groups in total. The third kappa shape index (κ3) is 6.54. The van der Waals surface area contributed by atoms with Crippen LogP contribution in [0.2, 0.25) is 0 Å². The maximum Gasteiger partial charge on any atom is 0.411 e. The van der Waals surface area contributed by atoms with Gasteiger partial charge in [0.1, 0.15) is 11.7 Å². The summed E-state index contributed by atoms with van der Waals surface area (Å²) in [5.41, 5.74) is 1.74. The molecule has 0 unspecified atom stereocenters. The summed E-state index contributed by atoms with van der Waals surface area (Å²) < 4.78 is 29.9. The monoisotopic (exact) mass is 561 g/mol. The van der Waals surface area contributed by atoms with Crippen LogP contribution in [0.4, 0.5) is 4.79 Å². The van der Waals surface area contributed by atoms with E-state index in [0.717, 1.165) is 43.1 Å². The van der Waals surface area contributed by atoms with Gasteiger partial charge in [0, 0.05) is 18.7 Å². The van der Waals surface area contributed by atoms with E-state index in [9.17, 15) is 28.5 Å². The van der Waals surface area contributed by atoms with Gasteiger partial charge in [-0.25, -0.2) is 13.2 Å². The molecule has 3 aliphatic rings. The summed E-state index contributed by atoms with van der Waals surface area (Å²) in [4.78, 5) is 28.3. The smallest absolute Gasteiger partial charge is 0.411 e. The minimum atomic E-state index is -3.57. The Kier molecular flexibility index (Phi) is 8.37. The molecular weight excluding hydrogens is 526 g/mol. The van der Waals surface area contributed by atoms with Gasteiger partial charge in [-0.2, -0.15) is 10.5 Å².